The van der Waals surface area contributed by atoms with Gasteiger partial charge in [0.05, 0.1) is 17.9 Å². The van der Waals surface area contributed by atoms with Crippen LogP contribution in [0.3, 0.4) is 0 Å². The van der Waals surface area contributed by atoms with Gasteiger partial charge in [0.25, 0.3) is 0 Å². The number of benzene rings is 1. The minimum absolute atomic E-state index is 0.200. The van der Waals surface area contributed by atoms with Crippen molar-refractivity contribution in [3.63, 3.8) is 0 Å². The molecule has 19 heavy (non-hydrogen) atoms. The molecule has 0 radical (unpaired) electrons. The average molecular weight is 259 g/mol. The van der Waals surface area contributed by atoms with Gasteiger partial charge in [0.2, 0.25) is 0 Å². The number of nitrogens with one attached hydrogen (secondary N) is 1. The van der Waals surface area contributed by atoms with Gasteiger partial charge in [-0.3, -0.25) is 4.98 Å². The second kappa shape index (κ2) is 6.18. The summed E-state index contributed by atoms with van der Waals surface area (Å²) >= 11 is 0. The average Bonchev–Trinajstić information content (AvgIpc) is 2.46. The molecule has 0 amide bonds. The van der Waals surface area contributed by atoms with Crippen molar-refractivity contribution in [2.75, 3.05) is 23.8 Å². The molecule has 2 rings (SSSR count). The Morgan fingerprint density at radius 1 is 1.26 bits per heavy atom. The van der Waals surface area contributed by atoms with Gasteiger partial charge in [-0.2, -0.15) is 0 Å². The van der Waals surface area contributed by atoms with Crippen LogP contribution in [0.1, 0.15) is 12.6 Å². The number of aromatic nitrogens is 1. The molecule has 0 saturated heterocycles. The van der Waals surface area contributed by atoms with E-state index in [0.29, 0.717) is 12.2 Å². The first-order valence-corrected chi connectivity index (χ1v) is 6.36. The Morgan fingerprint density at radius 2 is 2.05 bits per heavy atom. The van der Waals surface area contributed by atoms with Gasteiger partial charge in [0.1, 0.15) is 5.82 Å². The Hall–Kier alpha value is -2.10. The maximum atomic E-state index is 13.8. The fourth-order valence-corrected chi connectivity index (χ4v) is 1.99. The van der Waals surface area contributed by atoms with Crippen LogP contribution >= 0.6 is 0 Å². The molecule has 0 unspecified atom stereocenters. The number of nitrogens with zero attached hydrogens (tertiary/aromatic N) is 2. The third-order valence-corrected chi connectivity index (χ3v) is 3.03. The van der Waals surface area contributed by atoms with E-state index in [4.69, 9.17) is 0 Å². The molecule has 1 N–H and O–H groups in total. The molecule has 1 heterocycles. The van der Waals surface area contributed by atoms with Crippen molar-refractivity contribution in [1.82, 2.24) is 4.98 Å². The maximum Gasteiger partial charge on any atom is 0.146 e. The highest BCUT2D eigenvalue weighted by Gasteiger charge is 2.10. The van der Waals surface area contributed by atoms with Crippen LogP contribution in [-0.4, -0.2) is 18.6 Å². The molecule has 0 bridgehead atoms. The Bertz CT molecular complexity index is 542. The van der Waals surface area contributed by atoms with Crippen LogP contribution in [0, 0.1) is 5.82 Å². The van der Waals surface area contributed by atoms with E-state index in [1.807, 2.05) is 37.1 Å². The summed E-state index contributed by atoms with van der Waals surface area (Å²) in [6.07, 6.45) is 1.76. The monoisotopic (exact) mass is 259 g/mol. The molecular formula is C15H18FN3. The van der Waals surface area contributed by atoms with Gasteiger partial charge >= 0.3 is 0 Å². The van der Waals surface area contributed by atoms with E-state index in [-0.39, 0.29) is 5.82 Å². The van der Waals surface area contributed by atoms with Crippen molar-refractivity contribution in [2.24, 2.45) is 0 Å². The number of halogens is 1. The lowest BCUT2D eigenvalue weighted by Crippen LogP contribution is -2.23. The Labute approximate surface area is 113 Å². The molecular weight excluding hydrogens is 241 g/mol. The lowest BCUT2D eigenvalue weighted by molar-refractivity contribution is 0.617. The van der Waals surface area contributed by atoms with E-state index in [2.05, 4.69) is 10.3 Å². The van der Waals surface area contributed by atoms with Gasteiger partial charge in [-0.05, 0) is 31.2 Å². The van der Waals surface area contributed by atoms with E-state index in [9.17, 15) is 4.39 Å². The van der Waals surface area contributed by atoms with Gasteiger partial charge in [0, 0.05) is 25.5 Å². The Morgan fingerprint density at radius 3 is 2.74 bits per heavy atom. The SMILES string of the molecule is CCN(Cc1cc(NC)ccn1)c1ccccc1F. The molecule has 3 nitrogen and oxygen atoms in total. The predicted molar refractivity (Wildman–Crippen MR) is 76.9 cm³/mol. The summed E-state index contributed by atoms with van der Waals surface area (Å²) in [6.45, 7) is 3.33. The van der Waals surface area contributed by atoms with Gasteiger partial charge < -0.3 is 10.2 Å². The summed E-state index contributed by atoms with van der Waals surface area (Å²) in [7, 11) is 1.87. The predicted octanol–water partition coefficient (Wildman–Crippen LogP) is 3.29. The van der Waals surface area contributed by atoms with Crippen LogP contribution < -0.4 is 10.2 Å². The molecule has 0 aliphatic rings. The zero-order valence-corrected chi connectivity index (χ0v) is 11.2. The van der Waals surface area contributed by atoms with Gasteiger partial charge in [-0.1, -0.05) is 12.1 Å². The fraction of sp³-hybridized carbons (Fsp3) is 0.267. The first-order valence-electron chi connectivity index (χ1n) is 6.36. The van der Waals surface area contributed by atoms with Gasteiger partial charge in [0.15, 0.2) is 0 Å². The Kier molecular flexibility index (Phi) is 4.34. The molecule has 100 valence electrons. The van der Waals surface area contributed by atoms with Crippen LogP contribution in [0.4, 0.5) is 15.8 Å². The van der Waals surface area contributed by atoms with Crippen molar-refractivity contribution in [3.8, 4) is 0 Å². The standard InChI is InChI=1S/C15H18FN3/c1-3-19(15-7-5-4-6-14(15)16)11-13-10-12(17-2)8-9-18-13/h4-10H,3,11H2,1-2H3,(H,17,18). The highest BCUT2D eigenvalue weighted by Crippen LogP contribution is 2.20. The molecule has 0 aliphatic carbocycles. The van der Waals surface area contributed by atoms with Gasteiger partial charge in [-0.25, -0.2) is 4.39 Å². The number of pyridine rings is 1. The van der Waals surface area contributed by atoms with Crippen LogP contribution in [0.2, 0.25) is 0 Å². The lowest BCUT2D eigenvalue weighted by Gasteiger charge is -2.23. The van der Waals surface area contributed by atoms with Crippen molar-refractivity contribution in [3.05, 3.63) is 54.1 Å². The third kappa shape index (κ3) is 3.22. The molecule has 0 fully saturated rings. The zero-order chi connectivity index (χ0) is 13.7. The number of rotatable bonds is 5. The summed E-state index contributed by atoms with van der Waals surface area (Å²) in [5.74, 6) is -0.200. The lowest BCUT2D eigenvalue weighted by atomic mass is 10.2. The Balaban J connectivity index is 2.21. The number of para-hydroxylation sites is 1. The minimum atomic E-state index is -0.200. The molecule has 0 atom stereocenters. The van der Waals surface area contributed by atoms with Crippen molar-refractivity contribution < 1.29 is 4.39 Å². The van der Waals surface area contributed by atoms with E-state index in [0.717, 1.165) is 17.9 Å². The molecule has 4 heteroatoms. The third-order valence-electron chi connectivity index (χ3n) is 3.03. The quantitative estimate of drug-likeness (QED) is 0.893. The zero-order valence-electron chi connectivity index (χ0n) is 11.2. The van der Waals surface area contributed by atoms with Gasteiger partial charge in [-0.15, -0.1) is 0 Å². The first-order chi connectivity index (χ1) is 9.24. The summed E-state index contributed by atoms with van der Waals surface area (Å²) in [5, 5.41) is 3.08. The highest BCUT2D eigenvalue weighted by molar-refractivity contribution is 5.49. The van der Waals surface area contributed by atoms with E-state index in [1.54, 1.807) is 18.3 Å². The normalized spacial score (nSPS) is 10.3. The summed E-state index contributed by atoms with van der Waals surface area (Å²) in [5.41, 5.74) is 2.54. The minimum Gasteiger partial charge on any atom is -0.388 e. The van der Waals surface area contributed by atoms with E-state index < -0.39 is 0 Å². The van der Waals surface area contributed by atoms with Crippen LogP contribution in [0.25, 0.3) is 0 Å². The van der Waals surface area contributed by atoms with Crippen molar-refractivity contribution >= 4 is 11.4 Å². The molecule has 0 spiro atoms. The summed E-state index contributed by atoms with van der Waals surface area (Å²) in [4.78, 5) is 6.30. The molecule has 1 aromatic carbocycles. The van der Waals surface area contributed by atoms with Crippen LogP contribution in [-0.2, 0) is 6.54 Å². The fourth-order valence-electron chi connectivity index (χ4n) is 1.99. The summed E-state index contributed by atoms with van der Waals surface area (Å²) < 4.78 is 13.8. The largest absolute Gasteiger partial charge is 0.388 e. The van der Waals surface area contributed by atoms with E-state index in [1.165, 1.54) is 6.07 Å². The molecule has 0 saturated carbocycles. The summed E-state index contributed by atoms with van der Waals surface area (Å²) in [6, 6.07) is 10.7. The smallest absolute Gasteiger partial charge is 0.146 e. The highest BCUT2D eigenvalue weighted by atomic mass is 19.1. The maximum absolute atomic E-state index is 13.8. The van der Waals surface area contributed by atoms with Crippen molar-refractivity contribution in [1.29, 1.82) is 0 Å². The second-order valence-electron chi connectivity index (χ2n) is 4.25. The van der Waals surface area contributed by atoms with E-state index >= 15 is 0 Å². The number of anilines is 2. The molecule has 0 aliphatic heterocycles. The van der Waals surface area contributed by atoms with Crippen molar-refractivity contribution in [2.45, 2.75) is 13.5 Å². The van der Waals surface area contributed by atoms with Crippen LogP contribution in [0.5, 0.6) is 0 Å². The first kappa shape index (κ1) is 13.3. The molecule has 1 aromatic heterocycles. The number of hydrogen-bond donors (Lipinski definition) is 1. The topological polar surface area (TPSA) is 28.2 Å². The van der Waals surface area contributed by atoms with Crippen LogP contribution in [0.15, 0.2) is 42.6 Å². The second-order valence-corrected chi connectivity index (χ2v) is 4.25. The number of hydrogen-bond acceptors (Lipinski definition) is 3. The molecule has 2 aromatic rings.